The Bertz CT molecular complexity index is 143. The van der Waals surface area contributed by atoms with Crippen LogP contribution in [0.1, 0.15) is 19.8 Å². The second kappa shape index (κ2) is 6.27. The summed E-state index contributed by atoms with van der Waals surface area (Å²) < 4.78 is 12.5. The summed E-state index contributed by atoms with van der Waals surface area (Å²) in [4.78, 5) is 0. The van der Waals surface area contributed by atoms with Crippen molar-refractivity contribution in [2.45, 2.75) is 19.8 Å². The molecule has 0 bridgehead atoms. The van der Waals surface area contributed by atoms with Crippen LogP contribution < -0.4 is 0 Å². The number of allylic oxidation sites excluding steroid dienone is 5. The molecule has 0 aromatic carbocycles. The molecular formula is C9H13F. The summed E-state index contributed by atoms with van der Waals surface area (Å²) >= 11 is 0. The summed E-state index contributed by atoms with van der Waals surface area (Å²) in [5.41, 5.74) is 0. The van der Waals surface area contributed by atoms with Gasteiger partial charge in [-0.15, -0.1) is 6.58 Å². The van der Waals surface area contributed by atoms with Crippen LogP contribution in [-0.2, 0) is 0 Å². The van der Waals surface area contributed by atoms with Gasteiger partial charge in [0.1, 0.15) is 5.83 Å². The summed E-state index contributed by atoms with van der Waals surface area (Å²) in [6.45, 7) is 5.41. The zero-order chi connectivity index (χ0) is 7.82. The summed E-state index contributed by atoms with van der Waals surface area (Å²) in [5, 5.41) is 0. The van der Waals surface area contributed by atoms with E-state index < -0.39 is 0 Å². The summed E-state index contributed by atoms with van der Waals surface area (Å²) in [5.74, 6) is -0.163. The highest BCUT2D eigenvalue weighted by atomic mass is 19.1. The first-order valence-electron chi connectivity index (χ1n) is 3.44. The van der Waals surface area contributed by atoms with Gasteiger partial charge < -0.3 is 0 Å². The van der Waals surface area contributed by atoms with Crippen molar-refractivity contribution < 1.29 is 4.39 Å². The number of hydrogen-bond donors (Lipinski definition) is 0. The van der Waals surface area contributed by atoms with Crippen molar-refractivity contribution in [3.63, 3.8) is 0 Å². The molecule has 0 aromatic heterocycles. The first-order valence-corrected chi connectivity index (χ1v) is 3.44. The van der Waals surface area contributed by atoms with Crippen molar-refractivity contribution >= 4 is 0 Å². The Morgan fingerprint density at radius 1 is 1.60 bits per heavy atom. The van der Waals surface area contributed by atoms with E-state index in [1.165, 1.54) is 6.08 Å². The van der Waals surface area contributed by atoms with Crippen molar-refractivity contribution in [1.29, 1.82) is 0 Å². The van der Waals surface area contributed by atoms with E-state index in [2.05, 4.69) is 6.58 Å². The van der Waals surface area contributed by atoms with E-state index in [9.17, 15) is 4.39 Å². The largest absolute Gasteiger partial charge is 0.207 e. The van der Waals surface area contributed by atoms with E-state index in [1.807, 2.05) is 6.92 Å². The Balaban J connectivity index is 3.64. The zero-order valence-corrected chi connectivity index (χ0v) is 6.31. The van der Waals surface area contributed by atoms with Crippen LogP contribution >= 0.6 is 0 Å². The summed E-state index contributed by atoms with van der Waals surface area (Å²) in [6.07, 6.45) is 7.95. The molecule has 0 aromatic rings. The van der Waals surface area contributed by atoms with E-state index in [0.717, 1.165) is 12.8 Å². The van der Waals surface area contributed by atoms with E-state index in [4.69, 9.17) is 0 Å². The number of rotatable bonds is 4. The summed E-state index contributed by atoms with van der Waals surface area (Å²) in [6, 6.07) is 0. The Labute approximate surface area is 61.8 Å². The normalized spacial score (nSPS) is 12.4. The lowest BCUT2D eigenvalue weighted by atomic mass is 10.3. The Hall–Kier alpha value is -0.850. The average molecular weight is 140 g/mol. The topological polar surface area (TPSA) is 0 Å². The maximum Gasteiger partial charge on any atom is 0.118 e. The molecule has 0 rings (SSSR count). The lowest BCUT2D eigenvalue weighted by molar-refractivity contribution is 0.660. The molecular weight excluding hydrogens is 127 g/mol. The molecule has 0 radical (unpaired) electrons. The van der Waals surface area contributed by atoms with Gasteiger partial charge in [0, 0.05) is 0 Å². The van der Waals surface area contributed by atoms with Gasteiger partial charge >= 0.3 is 0 Å². The van der Waals surface area contributed by atoms with Gasteiger partial charge in [-0.3, -0.25) is 0 Å². The van der Waals surface area contributed by atoms with Crippen molar-refractivity contribution in [3.05, 3.63) is 36.7 Å². The first kappa shape index (κ1) is 9.15. The molecule has 0 saturated carbocycles. The fraction of sp³-hybridized carbons (Fsp3) is 0.333. The Morgan fingerprint density at radius 2 is 2.30 bits per heavy atom. The van der Waals surface area contributed by atoms with Gasteiger partial charge in [-0.2, -0.15) is 0 Å². The highest BCUT2D eigenvalue weighted by Crippen LogP contribution is 2.00. The molecule has 0 fully saturated rings. The molecule has 0 atom stereocenters. The maximum absolute atomic E-state index is 12.5. The first-order chi connectivity index (χ1) is 4.81. The fourth-order valence-electron chi connectivity index (χ4n) is 0.540. The van der Waals surface area contributed by atoms with E-state index in [-0.39, 0.29) is 5.83 Å². The van der Waals surface area contributed by atoms with Gasteiger partial charge in [-0.25, -0.2) is 4.39 Å². The smallest absolute Gasteiger partial charge is 0.118 e. The van der Waals surface area contributed by atoms with Crippen LogP contribution in [0, 0.1) is 0 Å². The van der Waals surface area contributed by atoms with Crippen LogP contribution in [0.2, 0.25) is 0 Å². The SMILES string of the molecule is C=CC/C=C\C(F)=C/CC. The summed E-state index contributed by atoms with van der Waals surface area (Å²) in [7, 11) is 0. The monoisotopic (exact) mass is 140 g/mol. The second-order valence-electron chi connectivity index (χ2n) is 1.92. The van der Waals surface area contributed by atoms with Crippen molar-refractivity contribution in [3.8, 4) is 0 Å². The highest BCUT2D eigenvalue weighted by molar-refractivity contribution is 5.11. The zero-order valence-electron chi connectivity index (χ0n) is 6.31. The minimum atomic E-state index is -0.163. The molecule has 0 amide bonds. The standard InChI is InChI=1S/C9H13F/c1-3-5-6-8-9(10)7-4-2/h3,6-8H,1,4-5H2,2H3/b8-6-,9-7+. The van der Waals surface area contributed by atoms with Crippen LogP contribution in [0.3, 0.4) is 0 Å². The molecule has 0 unspecified atom stereocenters. The van der Waals surface area contributed by atoms with Crippen LogP contribution in [0.4, 0.5) is 4.39 Å². The Kier molecular flexibility index (Phi) is 5.74. The predicted molar refractivity (Wildman–Crippen MR) is 43.4 cm³/mol. The lowest BCUT2D eigenvalue weighted by Crippen LogP contribution is -1.64. The van der Waals surface area contributed by atoms with Gasteiger partial charge in [-0.05, 0) is 25.0 Å². The van der Waals surface area contributed by atoms with Crippen LogP contribution in [0.15, 0.2) is 36.7 Å². The van der Waals surface area contributed by atoms with Crippen LogP contribution in [0.5, 0.6) is 0 Å². The lowest BCUT2D eigenvalue weighted by Gasteiger charge is -1.83. The van der Waals surface area contributed by atoms with Gasteiger partial charge in [0.25, 0.3) is 0 Å². The van der Waals surface area contributed by atoms with Gasteiger partial charge in [-0.1, -0.05) is 19.1 Å². The maximum atomic E-state index is 12.5. The molecule has 56 valence electrons. The Morgan fingerprint density at radius 3 is 2.80 bits per heavy atom. The van der Waals surface area contributed by atoms with Crippen molar-refractivity contribution in [1.82, 2.24) is 0 Å². The van der Waals surface area contributed by atoms with E-state index >= 15 is 0 Å². The molecule has 10 heavy (non-hydrogen) atoms. The molecule has 0 heterocycles. The van der Waals surface area contributed by atoms with Crippen molar-refractivity contribution in [2.24, 2.45) is 0 Å². The molecule has 0 nitrogen and oxygen atoms in total. The van der Waals surface area contributed by atoms with Crippen LogP contribution in [0.25, 0.3) is 0 Å². The van der Waals surface area contributed by atoms with E-state index in [0.29, 0.717) is 0 Å². The van der Waals surface area contributed by atoms with E-state index in [1.54, 1.807) is 18.2 Å². The molecule has 0 N–H and O–H groups in total. The molecule has 0 aliphatic heterocycles. The fourth-order valence-corrected chi connectivity index (χ4v) is 0.540. The average Bonchev–Trinajstić information content (AvgIpc) is 1.89. The van der Waals surface area contributed by atoms with Crippen molar-refractivity contribution in [2.75, 3.05) is 0 Å². The second-order valence-corrected chi connectivity index (χ2v) is 1.92. The third-order valence-corrected chi connectivity index (χ3v) is 0.979. The quantitative estimate of drug-likeness (QED) is 0.415. The third-order valence-electron chi connectivity index (χ3n) is 0.979. The van der Waals surface area contributed by atoms with Gasteiger partial charge in [0.2, 0.25) is 0 Å². The minimum Gasteiger partial charge on any atom is -0.207 e. The van der Waals surface area contributed by atoms with Gasteiger partial charge in [0.05, 0.1) is 0 Å². The molecule has 0 aliphatic carbocycles. The molecule has 0 spiro atoms. The number of halogens is 1. The molecule has 0 aliphatic rings. The highest BCUT2D eigenvalue weighted by Gasteiger charge is 1.81. The number of hydrogen-bond acceptors (Lipinski definition) is 0. The van der Waals surface area contributed by atoms with Crippen LogP contribution in [-0.4, -0.2) is 0 Å². The van der Waals surface area contributed by atoms with Gasteiger partial charge in [0.15, 0.2) is 0 Å². The molecule has 1 heteroatoms. The third kappa shape index (κ3) is 5.29. The predicted octanol–water partition coefficient (Wildman–Crippen LogP) is 3.38. The minimum absolute atomic E-state index is 0.163. The molecule has 0 saturated heterocycles.